The molecule has 153 valence electrons. The molecule has 4 aromatic carbocycles. The average Bonchev–Trinajstić information content (AvgIpc) is 2.80. The van der Waals surface area contributed by atoms with Gasteiger partial charge in [-0.3, -0.25) is 0 Å². The van der Waals surface area contributed by atoms with Crippen LogP contribution in [0.3, 0.4) is 0 Å². The van der Waals surface area contributed by atoms with Gasteiger partial charge in [0, 0.05) is 0 Å². The highest BCUT2D eigenvalue weighted by atomic mass is 28.2. The topological polar surface area (TPSA) is 9.23 Å². The van der Waals surface area contributed by atoms with Crippen LogP contribution in [0.1, 0.15) is 45.0 Å². The van der Waals surface area contributed by atoms with Crippen LogP contribution >= 0.6 is 0 Å². The SMILES string of the molecule is Cc1ccccc1C(O[Si])C(c1ccccc1)(c1ccccc1C)c1ccccc1C. The molecule has 4 rings (SSSR count). The van der Waals surface area contributed by atoms with Crippen LogP contribution in [0.4, 0.5) is 0 Å². The zero-order valence-electron chi connectivity index (χ0n) is 18.3. The Morgan fingerprint density at radius 3 is 1.52 bits per heavy atom. The molecule has 1 nitrogen and oxygen atoms in total. The molecule has 0 amide bonds. The Morgan fingerprint density at radius 2 is 1.03 bits per heavy atom. The summed E-state index contributed by atoms with van der Waals surface area (Å²) >= 11 is 0. The van der Waals surface area contributed by atoms with Crippen LogP contribution in [-0.2, 0) is 9.84 Å². The zero-order valence-corrected chi connectivity index (χ0v) is 19.3. The summed E-state index contributed by atoms with van der Waals surface area (Å²) in [7, 11) is 3.52. The molecule has 0 saturated heterocycles. The Hall–Kier alpha value is -2.94. The van der Waals surface area contributed by atoms with Gasteiger partial charge in [0.25, 0.3) is 0 Å². The predicted octanol–water partition coefficient (Wildman–Crippen LogP) is 6.79. The first-order chi connectivity index (χ1) is 15.1. The van der Waals surface area contributed by atoms with Gasteiger partial charge in [-0.05, 0) is 59.7 Å². The van der Waals surface area contributed by atoms with Gasteiger partial charge in [0.15, 0.2) is 0 Å². The highest BCUT2D eigenvalue weighted by molar-refractivity contribution is 5.98. The van der Waals surface area contributed by atoms with Crippen LogP contribution < -0.4 is 0 Å². The quantitative estimate of drug-likeness (QED) is 0.247. The van der Waals surface area contributed by atoms with E-state index in [1.54, 1.807) is 0 Å². The number of rotatable bonds is 6. The van der Waals surface area contributed by atoms with E-state index in [1.165, 1.54) is 33.4 Å². The van der Waals surface area contributed by atoms with Crippen molar-refractivity contribution in [1.29, 1.82) is 0 Å². The van der Waals surface area contributed by atoms with Crippen molar-refractivity contribution >= 4 is 10.5 Å². The fourth-order valence-corrected chi connectivity index (χ4v) is 5.19. The lowest BCUT2D eigenvalue weighted by Gasteiger charge is -2.44. The molecule has 2 heteroatoms. The Kier molecular flexibility index (Phi) is 6.22. The third-order valence-corrected chi connectivity index (χ3v) is 6.59. The molecule has 4 aromatic rings. The third kappa shape index (κ3) is 3.67. The van der Waals surface area contributed by atoms with Crippen molar-refractivity contribution in [1.82, 2.24) is 0 Å². The molecule has 0 aromatic heterocycles. The molecule has 0 aliphatic carbocycles. The molecule has 0 bridgehead atoms. The van der Waals surface area contributed by atoms with Crippen molar-refractivity contribution in [2.75, 3.05) is 0 Å². The number of benzene rings is 4. The normalized spacial score (nSPS) is 12.5. The summed E-state index contributed by atoms with van der Waals surface area (Å²) in [6.07, 6.45) is -0.282. The fraction of sp³-hybridized carbons (Fsp3) is 0.172. The van der Waals surface area contributed by atoms with Crippen molar-refractivity contribution in [3.63, 3.8) is 0 Å². The van der Waals surface area contributed by atoms with Crippen molar-refractivity contribution < 1.29 is 4.43 Å². The lowest BCUT2D eigenvalue weighted by Crippen LogP contribution is -2.39. The van der Waals surface area contributed by atoms with E-state index in [9.17, 15) is 0 Å². The largest absolute Gasteiger partial charge is 0.410 e. The molecule has 0 fully saturated rings. The van der Waals surface area contributed by atoms with Gasteiger partial charge >= 0.3 is 0 Å². The number of hydrogen-bond donors (Lipinski definition) is 0. The van der Waals surface area contributed by atoms with Crippen LogP contribution in [0.2, 0.25) is 0 Å². The summed E-state index contributed by atoms with van der Waals surface area (Å²) in [6.45, 7) is 6.53. The lowest BCUT2D eigenvalue weighted by molar-refractivity contribution is 0.163. The lowest BCUT2D eigenvalue weighted by atomic mass is 9.62. The summed E-state index contributed by atoms with van der Waals surface area (Å²) in [4.78, 5) is 0. The predicted molar refractivity (Wildman–Crippen MR) is 129 cm³/mol. The van der Waals surface area contributed by atoms with Crippen molar-refractivity contribution in [3.05, 3.63) is 142 Å². The smallest absolute Gasteiger partial charge is 0.247 e. The molecule has 0 aliphatic rings. The first-order valence-electron chi connectivity index (χ1n) is 10.7. The molecule has 3 radical (unpaired) electrons. The summed E-state index contributed by atoms with van der Waals surface area (Å²) in [5.74, 6) is 0. The summed E-state index contributed by atoms with van der Waals surface area (Å²) in [5, 5.41) is 0. The van der Waals surface area contributed by atoms with Gasteiger partial charge in [-0.25, -0.2) is 0 Å². The minimum absolute atomic E-state index is 0.282. The van der Waals surface area contributed by atoms with E-state index in [-0.39, 0.29) is 6.10 Å². The van der Waals surface area contributed by atoms with Gasteiger partial charge in [0.1, 0.15) is 0 Å². The van der Waals surface area contributed by atoms with Gasteiger partial charge in [-0.15, -0.1) is 0 Å². The van der Waals surface area contributed by atoms with Gasteiger partial charge in [0.2, 0.25) is 10.5 Å². The van der Waals surface area contributed by atoms with E-state index in [2.05, 4.69) is 134 Å². The van der Waals surface area contributed by atoms with Gasteiger partial charge in [-0.1, -0.05) is 103 Å². The second kappa shape index (κ2) is 9.05. The highest BCUT2D eigenvalue weighted by Crippen LogP contribution is 2.52. The Morgan fingerprint density at radius 1 is 0.581 bits per heavy atom. The van der Waals surface area contributed by atoms with E-state index in [0.717, 1.165) is 5.56 Å². The van der Waals surface area contributed by atoms with E-state index < -0.39 is 5.41 Å². The molecule has 0 saturated carbocycles. The summed E-state index contributed by atoms with van der Waals surface area (Å²) < 4.78 is 6.26. The zero-order chi connectivity index (χ0) is 21.8. The minimum Gasteiger partial charge on any atom is -0.410 e. The summed E-state index contributed by atoms with van der Waals surface area (Å²) in [5.41, 5.74) is 7.95. The van der Waals surface area contributed by atoms with Crippen LogP contribution in [-0.4, -0.2) is 10.5 Å². The molecule has 1 unspecified atom stereocenters. The van der Waals surface area contributed by atoms with E-state index in [1.807, 2.05) is 0 Å². The number of hydrogen-bond acceptors (Lipinski definition) is 1. The Balaban J connectivity index is 2.20. The van der Waals surface area contributed by atoms with E-state index >= 15 is 0 Å². The molecular weight excluding hydrogens is 392 g/mol. The minimum atomic E-state index is -0.550. The maximum absolute atomic E-state index is 6.26. The molecule has 0 aliphatic heterocycles. The van der Waals surface area contributed by atoms with Gasteiger partial charge < -0.3 is 4.43 Å². The second-order valence-corrected chi connectivity index (χ2v) is 8.39. The Bertz CT molecular complexity index is 1120. The van der Waals surface area contributed by atoms with Crippen LogP contribution in [0.25, 0.3) is 0 Å². The van der Waals surface area contributed by atoms with Gasteiger partial charge in [-0.2, -0.15) is 0 Å². The molecule has 1 atom stereocenters. The van der Waals surface area contributed by atoms with Crippen LogP contribution in [0.5, 0.6) is 0 Å². The van der Waals surface area contributed by atoms with Gasteiger partial charge in [0.05, 0.1) is 11.5 Å². The van der Waals surface area contributed by atoms with Crippen molar-refractivity contribution in [2.24, 2.45) is 0 Å². The molecule has 0 spiro atoms. The van der Waals surface area contributed by atoms with Crippen LogP contribution in [0.15, 0.2) is 103 Å². The standard InChI is InChI=1S/C29H27OSi/c1-21-13-7-10-18-25(21)28(30-31)29(24-16-5-4-6-17-24,26-19-11-8-14-22(26)2)27-20-12-9-15-23(27)3/h4-20,28H,1-3H3. The Labute approximate surface area is 189 Å². The summed E-state index contributed by atoms with van der Waals surface area (Å²) in [6, 6.07) is 36.5. The highest BCUT2D eigenvalue weighted by Gasteiger charge is 2.46. The number of aryl methyl sites for hydroxylation is 3. The molecule has 0 heterocycles. The van der Waals surface area contributed by atoms with Crippen molar-refractivity contribution in [3.8, 4) is 0 Å². The molecule has 0 N–H and O–H groups in total. The first-order valence-corrected chi connectivity index (χ1v) is 11.1. The maximum Gasteiger partial charge on any atom is 0.247 e. The molecule has 31 heavy (non-hydrogen) atoms. The van der Waals surface area contributed by atoms with E-state index in [0.29, 0.717) is 0 Å². The third-order valence-electron chi connectivity index (χ3n) is 6.35. The monoisotopic (exact) mass is 419 g/mol. The fourth-order valence-electron chi connectivity index (χ4n) is 4.89. The average molecular weight is 420 g/mol. The van der Waals surface area contributed by atoms with E-state index in [4.69, 9.17) is 4.43 Å². The molecular formula is C29H27OSi. The second-order valence-electron chi connectivity index (χ2n) is 8.16. The van der Waals surface area contributed by atoms with Crippen LogP contribution in [0, 0.1) is 20.8 Å². The van der Waals surface area contributed by atoms with Crippen molar-refractivity contribution in [2.45, 2.75) is 32.3 Å². The maximum atomic E-state index is 6.26. The first kappa shape index (κ1) is 21.3.